The lowest BCUT2D eigenvalue weighted by molar-refractivity contribution is -0.0323. The van der Waals surface area contributed by atoms with E-state index in [4.69, 9.17) is 13.9 Å². The van der Waals surface area contributed by atoms with Gasteiger partial charge in [-0.25, -0.2) is 0 Å². The SMILES string of the molecule is COc1ccc(CN2CCOCC2CC(O)c2ccco2)cc1. The Morgan fingerprint density at radius 2 is 2.13 bits per heavy atom. The van der Waals surface area contributed by atoms with E-state index in [9.17, 15) is 5.11 Å². The van der Waals surface area contributed by atoms with Crippen molar-refractivity contribution in [1.82, 2.24) is 4.90 Å². The van der Waals surface area contributed by atoms with Gasteiger partial charge in [-0.1, -0.05) is 12.1 Å². The minimum atomic E-state index is -0.602. The number of hydrogen-bond acceptors (Lipinski definition) is 5. The number of benzene rings is 1. The van der Waals surface area contributed by atoms with Crippen molar-refractivity contribution in [1.29, 1.82) is 0 Å². The quantitative estimate of drug-likeness (QED) is 0.887. The molecule has 0 spiro atoms. The first-order valence-electron chi connectivity index (χ1n) is 7.92. The molecule has 3 rings (SSSR count). The first kappa shape index (κ1) is 16.1. The molecule has 23 heavy (non-hydrogen) atoms. The molecule has 0 amide bonds. The van der Waals surface area contributed by atoms with Crippen LogP contribution < -0.4 is 4.74 Å². The molecule has 1 saturated heterocycles. The first-order valence-corrected chi connectivity index (χ1v) is 7.92. The number of nitrogens with zero attached hydrogens (tertiary/aromatic N) is 1. The van der Waals surface area contributed by atoms with Crippen LogP contribution in [-0.2, 0) is 11.3 Å². The van der Waals surface area contributed by atoms with Gasteiger partial charge in [0.1, 0.15) is 17.6 Å². The Bertz CT molecular complexity index is 582. The Hall–Kier alpha value is -1.82. The maximum absolute atomic E-state index is 10.3. The molecule has 5 nitrogen and oxygen atoms in total. The summed E-state index contributed by atoms with van der Waals surface area (Å²) in [6, 6.07) is 11.9. The predicted octanol–water partition coefficient (Wildman–Crippen LogP) is 2.61. The van der Waals surface area contributed by atoms with Crippen molar-refractivity contribution < 1.29 is 19.0 Å². The summed E-state index contributed by atoms with van der Waals surface area (Å²) in [7, 11) is 1.67. The van der Waals surface area contributed by atoms with Crippen LogP contribution >= 0.6 is 0 Å². The second kappa shape index (κ2) is 7.64. The van der Waals surface area contributed by atoms with E-state index in [2.05, 4.69) is 17.0 Å². The normalized spacial score (nSPS) is 20.3. The van der Waals surface area contributed by atoms with Crippen LogP contribution in [0, 0.1) is 0 Å². The summed E-state index contributed by atoms with van der Waals surface area (Å²) in [6.45, 7) is 3.06. The van der Waals surface area contributed by atoms with Crippen molar-refractivity contribution >= 4 is 0 Å². The summed E-state index contributed by atoms with van der Waals surface area (Å²) in [5, 5.41) is 10.3. The summed E-state index contributed by atoms with van der Waals surface area (Å²) in [5.41, 5.74) is 1.23. The van der Waals surface area contributed by atoms with Gasteiger partial charge in [-0.05, 0) is 36.2 Å². The second-order valence-electron chi connectivity index (χ2n) is 5.81. The smallest absolute Gasteiger partial charge is 0.132 e. The van der Waals surface area contributed by atoms with E-state index >= 15 is 0 Å². The van der Waals surface area contributed by atoms with Gasteiger partial charge in [0.2, 0.25) is 0 Å². The molecule has 1 aromatic heterocycles. The van der Waals surface area contributed by atoms with Crippen molar-refractivity contribution in [2.45, 2.75) is 25.1 Å². The van der Waals surface area contributed by atoms with Crippen LogP contribution in [0.3, 0.4) is 0 Å². The molecule has 2 heterocycles. The zero-order valence-electron chi connectivity index (χ0n) is 13.4. The summed E-state index contributed by atoms with van der Waals surface area (Å²) < 4.78 is 16.1. The molecule has 1 fully saturated rings. The molecule has 2 atom stereocenters. The Kier molecular flexibility index (Phi) is 5.33. The Labute approximate surface area is 136 Å². The van der Waals surface area contributed by atoms with E-state index in [1.807, 2.05) is 18.2 Å². The third kappa shape index (κ3) is 4.13. The van der Waals surface area contributed by atoms with Gasteiger partial charge in [0.15, 0.2) is 0 Å². The zero-order valence-corrected chi connectivity index (χ0v) is 13.4. The first-order chi connectivity index (χ1) is 11.3. The highest BCUT2D eigenvalue weighted by Gasteiger charge is 2.26. The molecule has 1 N–H and O–H groups in total. The molecule has 1 aliphatic heterocycles. The van der Waals surface area contributed by atoms with Crippen molar-refractivity contribution in [3.05, 3.63) is 54.0 Å². The number of furan rings is 1. The zero-order chi connectivity index (χ0) is 16.1. The van der Waals surface area contributed by atoms with E-state index in [0.29, 0.717) is 18.8 Å². The van der Waals surface area contributed by atoms with Crippen LogP contribution in [0.2, 0.25) is 0 Å². The van der Waals surface area contributed by atoms with E-state index in [1.165, 1.54) is 5.56 Å². The van der Waals surface area contributed by atoms with Crippen LogP contribution in [0.1, 0.15) is 23.8 Å². The lowest BCUT2D eigenvalue weighted by Gasteiger charge is -2.36. The highest BCUT2D eigenvalue weighted by molar-refractivity contribution is 5.27. The molecule has 0 saturated carbocycles. The van der Waals surface area contributed by atoms with Gasteiger partial charge < -0.3 is 19.0 Å². The van der Waals surface area contributed by atoms with Crippen molar-refractivity contribution in [3.63, 3.8) is 0 Å². The summed E-state index contributed by atoms with van der Waals surface area (Å²) in [4.78, 5) is 2.36. The maximum atomic E-state index is 10.3. The summed E-state index contributed by atoms with van der Waals surface area (Å²) in [5.74, 6) is 1.47. The van der Waals surface area contributed by atoms with Gasteiger partial charge in [0.25, 0.3) is 0 Å². The standard InChI is InChI=1S/C18H23NO4/c1-21-16-6-4-14(5-7-16)12-19-8-10-22-13-15(19)11-17(20)18-3-2-9-23-18/h2-7,9,15,17,20H,8,10-13H2,1H3. The Morgan fingerprint density at radius 1 is 1.30 bits per heavy atom. The molecular formula is C18H23NO4. The number of ether oxygens (including phenoxy) is 2. The topological polar surface area (TPSA) is 55.1 Å². The highest BCUT2D eigenvalue weighted by Crippen LogP contribution is 2.24. The van der Waals surface area contributed by atoms with E-state index in [1.54, 1.807) is 19.4 Å². The Morgan fingerprint density at radius 3 is 2.83 bits per heavy atom. The lowest BCUT2D eigenvalue weighted by Crippen LogP contribution is -2.45. The van der Waals surface area contributed by atoms with Crippen LogP contribution in [-0.4, -0.2) is 42.9 Å². The number of methoxy groups -OCH3 is 1. The molecule has 2 unspecified atom stereocenters. The molecule has 0 bridgehead atoms. The van der Waals surface area contributed by atoms with Crippen LogP contribution in [0.25, 0.3) is 0 Å². The fourth-order valence-electron chi connectivity index (χ4n) is 2.93. The number of rotatable bonds is 6. The maximum Gasteiger partial charge on any atom is 0.132 e. The highest BCUT2D eigenvalue weighted by atomic mass is 16.5. The van der Waals surface area contributed by atoms with Gasteiger partial charge in [-0.3, -0.25) is 4.90 Å². The number of aliphatic hydroxyl groups excluding tert-OH is 1. The summed E-state index contributed by atoms with van der Waals surface area (Å²) >= 11 is 0. The Balaban J connectivity index is 1.63. The van der Waals surface area contributed by atoms with E-state index in [-0.39, 0.29) is 6.04 Å². The van der Waals surface area contributed by atoms with Gasteiger partial charge in [-0.2, -0.15) is 0 Å². The van der Waals surface area contributed by atoms with Crippen molar-refractivity contribution in [2.75, 3.05) is 26.9 Å². The molecule has 1 aliphatic rings. The molecule has 0 radical (unpaired) electrons. The van der Waals surface area contributed by atoms with E-state index in [0.717, 1.165) is 25.4 Å². The molecule has 2 aromatic rings. The van der Waals surface area contributed by atoms with Crippen LogP contribution in [0.5, 0.6) is 5.75 Å². The third-order valence-corrected chi connectivity index (χ3v) is 4.26. The van der Waals surface area contributed by atoms with Crippen molar-refractivity contribution in [2.24, 2.45) is 0 Å². The minimum Gasteiger partial charge on any atom is -0.497 e. The number of aliphatic hydroxyl groups is 1. The minimum absolute atomic E-state index is 0.172. The molecule has 1 aromatic carbocycles. The van der Waals surface area contributed by atoms with Gasteiger partial charge in [0.05, 0.1) is 26.6 Å². The lowest BCUT2D eigenvalue weighted by atomic mass is 10.0. The number of morpholine rings is 1. The monoisotopic (exact) mass is 317 g/mol. The molecular weight excluding hydrogens is 294 g/mol. The molecule has 0 aliphatic carbocycles. The molecule has 124 valence electrons. The van der Waals surface area contributed by atoms with Gasteiger partial charge >= 0.3 is 0 Å². The van der Waals surface area contributed by atoms with Crippen molar-refractivity contribution in [3.8, 4) is 5.75 Å². The average Bonchev–Trinajstić information content (AvgIpc) is 3.12. The number of hydrogen-bond donors (Lipinski definition) is 1. The van der Waals surface area contributed by atoms with Crippen LogP contribution in [0.4, 0.5) is 0 Å². The fourth-order valence-corrected chi connectivity index (χ4v) is 2.93. The van der Waals surface area contributed by atoms with Gasteiger partial charge in [-0.15, -0.1) is 0 Å². The summed E-state index contributed by atoms with van der Waals surface area (Å²) in [6.07, 6.45) is 1.59. The average molecular weight is 317 g/mol. The van der Waals surface area contributed by atoms with Crippen LogP contribution in [0.15, 0.2) is 47.1 Å². The van der Waals surface area contributed by atoms with E-state index < -0.39 is 6.10 Å². The largest absolute Gasteiger partial charge is 0.497 e. The fraction of sp³-hybridized carbons (Fsp3) is 0.444. The predicted molar refractivity (Wildman–Crippen MR) is 86.3 cm³/mol. The third-order valence-electron chi connectivity index (χ3n) is 4.26. The van der Waals surface area contributed by atoms with Gasteiger partial charge in [0, 0.05) is 19.1 Å². The molecule has 5 heteroatoms. The second-order valence-corrected chi connectivity index (χ2v) is 5.81.